The van der Waals surface area contributed by atoms with Crippen LogP contribution < -0.4 is 0 Å². The van der Waals surface area contributed by atoms with Crippen LogP contribution in [0.3, 0.4) is 0 Å². The number of halogens is 1. The topological polar surface area (TPSA) is 17.1 Å². The number of Topliss-reactive ketones (excluding diaryl/α,β-unsaturated/α-hetero) is 1. The number of hydrogen-bond donors (Lipinski definition) is 0. The molecule has 0 heterocycles. The molecule has 0 N–H and O–H groups in total. The van der Waals surface area contributed by atoms with E-state index in [1.807, 2.05) is 6.08 Å². The number of ketones is 1. The zero-order valence-electron chi connectivity index (χ0n) is 8.52. The predicted octanol–water partition coefficient (Wildman–Crippen LogP) is 4.17. The predicted molar refractivity (Wildman–Crippen MR) is 68.6 cm³/mol. The second-order valence-electron chi connectivity index (χ2n) is 3.76. The third kappa shape index (κ3) is 3.95. The van der Waals surface area contributed by atoms with Crippen LogP contribution in [0, 0.1) is 0 Å². The molecule has 1 aliphatic rings. The van der Waals surface area contributed by atoms with E-state index in [1.165, 1.54) is 28.4 Å². The minimum atomic E-state index is 0.371. The Labute approximate surface area is 99.8 Å². The third-order valence-corrected chi connectivity index (χ3v) is 3.85. The van der Waals surface area contributed by atoms with Crippen molar-refractivity contribution in [2.75, 3.05) is 0 Å². The molecule has 1 aliphatic carbocycles. The van der Waals surface area contributed by atoms with E-state index in [4.69, 9.17) is 0 Å². The molecule has 0 atom stereocenters. The van der Waals surface area contributed by atoms with Gasteiger partial charge in [0.15, 0.2) is 0 Å². The van der Waals surface area contributed by atoms with Gasteiger partial charge in [-0.05, 0) is 58.3 Å². The Bertz CT molecular complexity index is 253. The molecule has 0 aromatic rings. The van der Waals surface area contributed by atoms with Gasteiger partial charge in [-0.1, -0.05) is 11.6 Å². The summed E-state index contributed by atoms with van der Waals surface area (Å²) in [6.45, 7) is 3.63. The van der Waals surface area contributed by atoms with Crippen LogP contribution in [0.2, 0.25) is 0 Å². The van der Waals surface area contributed by atoms with Crippen LogP contribution in [0.4, 0.5) is 0 Å². The second kappa shape index (κ2) is 6.38. The maximum atomic E-state index is 11.5. The SMILES string of the molecule is C=CCCC(=O)CC1=C(I)CCCC1. The lowest BCUT2D eigenvalue weighted by Gasteiger charge is -2.15. The number of rotatable bonds is 5. The van der Waals surface area contributed by atoms with Crippen molar-refractivity contribution in [2.24, 2.45) is 0 Å². The van der Waals surface area contributed by atoms with Gasteiger partial charge in [0, 0.05) is 12.8 Å². The molecule has 0 saturated carbocycles. The minimum absolute atomic E-state index is 0.371. The molecule has 0 aromatic carbocycles. The Morgan fingerprint density at radius 3 is 2.79 bits per heavy atom. The van der Waals surface area contributed by atoms with Crippen LogP contribution in [0.5, 0.6) is 0 Å². The van der Waals surface area contributed by atoms with Crippen molar-refractivity contribution >= 4 is 28.4 Å². The summed E-state index contributed by atoms with van der Waals surface area (Å²) < 4.78 is 1.43. The molecule has 1 rings (SSSR count). The average molecular weight is 304 g/mol. The summed E-state index contributed by atoms with van der Waals surface area (Å²) in [6, 6.07) is 0. The van der Waals surface area contributed by atoms with E-state index in [2.05, 4.69) is 29.2 Å². The molecule has 2 heteroatoms. The van der Waals surface area contributed by atoms with Crippen molar-refractivity contribution in [1.29, 1.82) is 0 Å². The molecule has 1 nitrogen and oxygen atoms in total. The molecular weight excluding hydrogens is 287 g/mol. The standard InChI is InChI=1S/C12H17IO/c1-2-3-7-11(14)9-10-6-4-5-8-12(10)13/h2H,1,3-9H2. The molecule has 0 bridgehead atoms. The lowest BCUT2D eigenvalue weighted by Crippen LogP contribution is -2.03. The van der Waals surface area contributed by atoms with Gasteiger partial charge < -0.3 is 0 Å². The zero-order chi connectivity index (χ0) is 10.4. The molecule has 0 aromatic heterocycles. The van der Waals surface area contributed by atoms with Crippen LogP contribution in [-0.4, -0.2) is 5.78 Å². The summed E-state index contributed by atoms with van der Waals surface area (Å²) in [5, 5.41) is 0. The van der Waals surface area contributed by atoms with Crippen LogP contribution in [0.1, 0.15) is 44.9 Å². The fourth-order valence-corrected chi connectivity index (χ4v) is 2.55. The van der Waals surface area contributed by atoms with Crippen molar-refractivity contribution < 1.29 is 4.79 Å². The molecule has 0 fully saturated rings. The smallest absolute Gasteiger partial charge is 0.137 e. The maximum Gasteiger partial charge on any atom is 0.137 e. The molecule has 0 radical (unpaired) electrons. The lowest BCUT2D eigenvalue weighted by molar-refractivity contribution is -0.118. The first-order chi connectivity index (χ1) is 6.74. The van der Waals surface area contributed by atoms with Crippen LogP contribution >= 0.6 is 22.6 Å². The van der Waals surface area contributed by atoms with Crippen LogP contribution in [0.25, 0.3) is 0 Å². The second-order valence-corrected chi connectivity index (χ2v) is 5.06. The molecule has 0 saturated heterocycles. The summed E-state index contributed by atoms with van der Waals surface area (Å²) in [7, 11) is 0. The quantitative estimate of drug-likeness (QED) is 0.550. The Morgan fingerprint density at radius 2 is 2.14 bits per heavy atom. The highest BCUT2D eigenvalue weighted by molar-refractivity contribution is 14.1. The molecular formula is C12H17IO. The van der Waals surface area contributed by atoms with E-state index in [0.717, 1.165) is 12.8 Å². The molecule has 0 spiro atoms. The van der Waals surface area contributed by atoms with Crippen molar-refractivity contribution in [1.82, 2.24) is 0 Å². The van der Waals surface area contributed by atoms with E-state index in [-0.39, 0.29) is 0 Å². The van der Waals surface area contributed by atoms with Gasteiger partial charge in [-0.15, -0.1) is 6.58 Å². The summed E-state index contributed by atoms with van der Waals surface area (Å²) in [5.74, 6) is 0.371. The summed E-state index contributed by atoms with van der Waals surface area (Å²) in [4.78, 5) is 11.5. The van der Waals surface area contributed by atoms with E-state index < -0.39 is 0 Å². The average Bonchev–Trinajstić information content (AvgIpc) is 2.18. The molecule has 78 valence electrons. The highest BCUT2D eigenvalue weighted by Gasteiger charge is 2.13. The van der Waals surface area contributed by atoms with Crippen molar-refractivity contribution in [3.8, 4) is 0 Å². The molecule has 0 amide bonds. The Hall–Kier alpha value is -0.120. The Morgan fingerprint density at radius 1 is 1.43 bits per heavy atom. The lowest BCUT2D eigenvalue weighted by atomic mass is 9.94. The third-order valence-electron chi connectivity index (χ3n) is 2.55. The van der Waals surface area contributed by atoms with Crippen LogP contribution in [-0.2, 0) is 4.79 Å². The number of carbonyl (C=O) groups excluding carboxylic acids is 1. The molecule has 0 unspecified atom stereocenters. The molecule has 0 aliphatic heterocycles. The highest BCUT2D eigenvalue weighted by Crippen LogP contribution is 2.31. The number of allylic oxidation sites excluding steroid dienone is 3. The minimum Gasteiger partial charge on any atom is -0.299 e. The first-order valence-corrected chi connectivity index (χ1v) is 6.31. The summed E-state index contributed by atoms with van der Waals surface area (Å²) in [5.41, 5.74) is 1.39. The fraction of sp³-hybridized carbons (Fsp3) is 0.583. The van der Waals surface area contributed by atoms with Gasteiger partial charge in [-0.3, -0.25) is 4.79 Å². The monoisotopic (exact) mass is 304 g/mol. The van der Waals surface area contributed by atoms with Gasteiger partial charge in [0.2, 0.25) is 0 Å². The van der Waals surface area contributed by atoms with Crippen molar-refractivity contribution in [3.63, 3.8) is 0 Å². The van der Waals surface area contributed by atoms with E-state index in [9.17, 15) is 4.79 Å². The van der Waals surface area contributed by atoms with Gasteiger partial charge in [-0.25, -0.2) is 0 Å². The first-order valence-electron chi connectivity index (χ1n) is 5.23. The molecule has 14 heavy (non-hydrogen) atoms. The van der Waals surface area contributed by atoms with Crippen molar-refractivity contribution in [3.05, 3.63) is 21.8 Å². The Kier molecular flexibility index (Phi) is 5.45. The van der Waals surface area contributed by atoms with Gasteiger partial charge in [0.25, 0.3) is 0 Å². The highest BCUT2D eigenvalue weighted by atomic mass is 127. The van der Waals surface area contributed by atoms with Gasteiger partial charge >= 0.3 is 0 Å². The number of hydrogen-bond acceptors (Lipinski definition) is 1. The first kappa shape index (κ1) is 12.0. The van der Waals surface area contributed by atoms with Gasteiger partial charge in [0.1, 0.15) is 5.78 Å². The van der Waals surface area contributed by atoms with Gasteiger partial charge in [0.05, 0.1) is 0 Å². The largest absolute Gasteiger partial charge is 0.299 e. The van der Waals surface area contributed by atoms with Gasteiger partial charge in [-0.2, -0.15) is 0 Å². The zero-order valence-corrected chi connectivity index (χ0v) is 10.7. The normalized spacial score (nSPS) is 16.9. The summed E-state index contributed by atoms with van der Waals surface area (Å²) in [6.07, 6.45) is 8.87. The van der Waals surface area contributed by atoms with E-state index in [0.29, 0.717) is 18.6 Å². The Balaban J connectivity index is 2.42. The maximum absolute atomic E-state index is 11.5. The summed E-state index contributed by atoms with van der Waals surface area (Å²) >= 11 is 2.40. The van der Waals surface area contributed by atoms with E-state index in [1.54, 1.807) is 0 Å². The fourth-order valence-electron chi connectivity index (χ4n) is 1.70. The number of carbonyl (C=O) groups is 1. The van der Waals surface area contributed by atoms with Crippen molar-refractivity contribution in [2.45, 2.75) is 44.9 Å². The van der Waals surface area contributed by atoms with Crippen LogP contribution in [0.15, 0.2) is 21.8 Å². The van der Waals surface area contributed by atoms with E-state index >= 15 is 0 Å².